The van der Waals surface area contributed by atoms with Crippen LogP contribution in [0.5, 0.6) is 5.75 Å². The van der Waals surface area contributed by atoms with Gasteiger partial charge in [0.15, 0.2) is 11.6 Å². The Labute approximate surface area is 132 Å². The van der Waals surface area contributed by atoms with E-state index in [1.54, 1.807) is 0 Å². The first kappa shape index (κ1) is 21.3. The standard InChI is InChI=1S/C12H11F6NO3.ClH/c1-2-22-10(21)11(14,15)9(19)7-5(12(16,17)18)3-4-6(13)8(7)20;/h3-4,9,20H,2,19H2,1H3;1H/t9-;/m0./s1. The van der Waals surface area contributed by atoms with Crippen LogP contribution in [0.25, 0.3) is 0 Å². The van der Waals surface area contributed by atoms with Crippen LogP contribution in [-0.4, -0.2) is 23.6 Å². The zero-order chi connectivity index (χ0) is 17.3. The Morgan fingerprint density at radius 2 is 1.83 bits per heavy atom. The van der Waals surface area contributed by atoms with E-state index in [0.717, 1.165) is 0 Å². The van der Waals surface area contributed by atoms with Crippen molar-refractivity contribution in [3.8, 4) is 5.75 Å². The minimum absolute atomic E-state index is 0. The van der Waals surface area contributed by atoms with Crippen molar-refractivity contribution in [2.75, 3.05) is 6.61 Å². The normalized spacial score (nSPS) is 13.2. The zero-order valence-electron chi connectivity index (χ0n) is 11.5. The van der Waals surface area contributed by atoms with E-state index < -0.39 is 53.4 Å². The van der Waals surface area contributed by atoms with Gasteiger partial charge < -0.3 is 15.6 Å². The molecule has 23 heavy (non-hydrogen) atoms. The Kier molecular flexibility index (Phi) is 6.73. The van der Waals surface area contributed by atoms with E-state index in [0.29, 0.717) is 0 Å². The fourth-order valence-electron chi connectivity index (χ4n) is 1.68. The summed E-state index contributed by atoms with van der Waals surface area (Å²) in [4.78, 5) is 11.1. The Balaban J connectivity index is 0.00000484. The van der Waals surface area contributed by atoms with Crippen molar-refractivity contribution >= 4 is 18.4 Å². The molecular weight excluding hydrogens is 356 g/mol. The lowest BCUT2D eigenvalue weighted by Gasteiger charge is -2.25. The first-order chi connectivity index (χ1) is 9.94. The second-order valence-electron chi connectivity index (χ2n) is 4.18. The van der Waals surface area contributed by atoms with E-state index >= 15 is 0 Å². The lowest BCUT2D eigenvalue weighted by atomic mass is 9.94. The summed E-state index contributed by atoms with van der Waals surface area (Å²) >= 11 is 0. The second-order valence-corrected chi connectivity index (χ2v) is 4.18. The molecule has 0 aliphatic heterocycles. The summed E-state index contributed by atoms with van der Waals surface area (Å²) < 4.78 is 83.2. The van der Waals surface area contributed by atoms with Crippen molar-refractivity contribution < 1.29 is 41.0 Å². The Hall–Kier alpha value is -1.68. The highest BCUT2D eigenvalue weighted by Gasteiger charge is 2.51. The maximum Gasteiger partial charge on any atom is 0.416 e. The maximum atomic E-state index is 13.8. The van der Waals surface area contributed by atoms with Crippen molar-refractivity contribution in [2.24, 2.45) is 5.73 Å². The van der Waals surface area contributed by atoms with E-state index in [-0.39, 0.29) is 24.5 Å². The van der Waals surface area contributed by atoms with Gasteiger partial charge in [0.25, 0.3) is 0 Å². The number of alkyl halides is 5. The molecule has 0 unspecified atom stereocenters. The monoisotopic (exact) mass is 367 g/mol. The largest absolute Gasteiger partial charge is 0.505 e. The number of rotatable bonds is 4. The average molecular weight is 368 g/mol. The van der Waals surface area contributed by atoms with Crippen molar-refractivity contribution in [3.63, 3.8) is 0 Å². The number of phenolic OH excluding ortho intramolecular Hbond substituents is 1. The Morgan fingerprint density at radius 3 is 2.26 bits per heavy atom. The summed E-state index contributed by atoms with van der Waals surface area (Å²) in [5.41, 5.74) is 1.60. The minimum Gasteiger partial charge on any atom is -0.505 e. The van der Waals surface area contributed by atoms with Crippen LogP contribution in [0.3, 0.4) is 0 Å². The van der Waals surface area contributed by atoms with Gasteiger partial charge in [0, 0.05) is 5.56 Å². The molecule has 0 spiro atoms. The molecule has 0 aliphatic carbocycles. The highest BCUT2D eigenvalue weighted by atomic mass is 35.5. The molecule has 0 bridgehead atoms. The number of esters is 1. The molecule has 1 aromatic rings. The summed E-state index contributed by atoms with van der Waals surface area (Å²) in [6, 6.07) is -2.55. The topological polar surface area (TPSA) is 72.5 Å². The van der Waals surface area contributed by atoms with Crippen LogP contribution < -0.4 is 5.73 Å². The molecule has 0 fully saturated rings. The van der Waals surface area contributed by atoms with Gasteiger partial charge >= 0.3 is 18.1 Å². The summed E-state index contributed by atoms with van der Waals surface area (Å²) in [6.45, 7) is 0.725. The molecule has 132 valence electrons. The van der Waals surface area contributed by atoms with Gasteiger partial charge in [0.1, 0.15) is 6.04 Å². The van der Waals surface area contributed by atoms with Gasteiger partial charge in [-0.2, -0.15) is 22.0 Å². The van der Waals surface area contributed by atoms with Crippen molar-refractivity contribution in [3.05, 3.63) is 29.1 Å². The first-order valence-electron chi connectivity index (χ1n) is 5.83. The van der Waals surface area contributed by atoms with E-state index in [1.165, 1.54) is 6.92 Å². The molecule has 0 radical (unpaired) electrons. The predicted molar refractivity (Wildman–Crippen MR) is 68.8 cm³/mol. The number of carbonyl (C=O) groups is 1. The number of benzene rings is 1. The molecule has 0 aliphatic rings. The molecule has 1 atom stereocenters. The SMILES string of the molecule is CCOC(=O)C(F)(F)[C@@H](N)c1c(C(F)(F)F)ccc(F)c1O.Cl. The van der Waals surface area contributed by atoms with Crippen LogP contribution >= 0.6 is 12.4 Å². The van der Waals surface area contributed by atoms with Gasteiger partial charge in [0.2, 0.25) is 0 Å². The van der Waals surface area contributed by atoms with E-state index in [9.17, 15) is 36.2 Å². The smallest absolute Gasteiger partial charge is 0.416 e. The van der Waals surface area contributed by atoms with Crippen LogP contribution in [0.4, 0.5) is 26.3 Å². The van der Waals surface area contributed by atoms with Gasteiger partial charge in [-0.1, -0.05) is 0 Å². The molecule has 1 aromatic carbocycles. The van der Waals surface area contributed by atoms with Crippen LogP contribution in [0, 0.1) is 5.82 Å². The highest BCUT2D eigenvalue weighted by molar-refractivity contribution is 5.85. The van der Waals surface area contributed by atoms with Crippen molar-refractivity contribution in [1.82, 2.24) is 0 Å². The van der Waals surface area contributed by atoms with E-state index in [1.807, 2.05) is 0 Å². The number of halogens is 7. The summed E-state index contributed by atoms with van der Waals surface area (Å²) in [5, 5.41) is 9.35. The lowest BCUT2D eigenvalue weighted by Crippen LogP contribution is -2.42. The first-order valence-corrected chi connectivity index (χ1v) is 5.83. The van der Waals surface area contributed by atoms with Gasteiger partial charge in [0.05, 0.1) is 12.2 Å². The molecule has 0 heterocycles. The predicted octanol–water partition coefficient (Wildman–Crippen LogP) is 3.17. The van der Waals surface area contributed by atoms with Gasteiger partial charge in [-0.15, -0.1) is 12.4 Å². The molecule has 1 rings (SSSR count). The fraction of sp³-hybridized carbons (Fsp3) is 0.417. The molecular formula is C12H12ClF6NO3. The molecule has 11 heteroatoms. The zero-order valence-corrected chi connectivity index (χ0v) is 12.3. The molecule has 4 nitrogen and oxygen atoms in total. The number of aromatic hydroxyl groups is 1. The quantitative estimate of drug-likeness (QED) is 0.633. The third kappa shape index (κ3) is 4.20. The highest BCUT2D eigenvalue weighted by Crippen LogP contribution is 2.43. The molecule has 0 saturated carbocycles. The van der Waals surface area contributed by atoms with Gasteiger partial charge in [-0.25, -0.2) is 9.18 Å². The van der Waals surface area contributed by atoms with Crippen LogP contribution in [0.15, 0.2) is 12.1 Å². The molecule has 0 amide bonds. The molecule has 3 N–H and O–H groups in total. The molecule has 0 saturated heterocycles. The average Bonchev–Trinajstić information content (AvgIpc) is 2.39. The Bertz CT molecular complexity index is 579. The molecule has 0 aromatic heterocycles. The van der Waals surface area contributed by atoms with Crippen LogP contribution in [0.1, 0.15) is 24.1 Å². The summed E-state index contributed by atoms with van der Waals surface area (Å²) in [6.07, 6.45) is -5.19. The fourth-order valence-corrected chi connectivity index (χ4v) is 1.68. The summed E-state index contributed by atoms with van der Waals surface area (Å²) in [7, 11) is 0. The van der Waals surface area contributed by atoms with Crippen molar-refractivity contribution in [2.45, 2.75) is 25.1 Å². The number of phenols is 1. The number of hydrogen-bond donors (Lipinski definition) is 2. The maximum absolute atomic E-state index is 13.8. The third-order valence-electron chi connectivity index (χ3n) is 2.72. The van der Waals surface area contributed by atoms with Crippen LogP contribution in [-0.2, 0) is 15.7 Å². The number of nitrogens with two attached hydrogens (primary N) is 1. The van der Waals surface area contributed by atoms with Gasteiger partial charge in [-0.05, 0) is 19.1 Å². The second kappa shape index (κ2) is 7.26. The van der Waals surface area contributed by atoms with Gasteiger partial charge in [-0.3, -0.25) is 0 Å². The van der Waals surface area contributed by atoms with Crippen LogP contribution in [0.2, 0.25) is 0 Å². The Morgan fingerprint density at radius 1 is 1.30 bits per heavy atom. The van der Waals surface area contributed by atoms with E-state index in [4.69, 9.17) is 5.73 Å². The number of hydrogen-bond acceptors (Lipinski definition) is 4. The number of carbonyl (C=O) groups excluding carboxylic acids is 1. The van der Waals surface area contributed by atoms with Crippen molar-refractivity contribution in [1.29, 1.82) is 0 Å². The number of ether oxygens (including phenoxy) is 1. The third-order valence-corrected chi connectivity index (χ3v) is 2.72. The minimum atomic E-state index is -5.19. The lowest BCUT2D eigenvalue weighted by molar-refractivity contribution is -0.175. The van der Waals surface area contributed by atoms with E-state index in [2.05, 4.69) is 4.74 Å². The summed E-state index contributed by atoms with van der Waals surface area (Å²) in [5.74, 6) is -10.1.